The number of thiophene rings is 1. The first-order chi connectivity index (χ1) is 8.16. The van der Waals surface area contributed by atoms with Crippen LogP contribution in [0.2, 0.25) is 0 Å². The molecular formula is C13H7BrO2S. The number of fused-ring (bicyclic) bond motifs is 3. The third kappa shape index (κ3) is 1.64. The summed E-state index contributed by atoms with van der Waals surface area (Å²) in [5.74, 6) is -0.883. The van der Waals surface area contributed by atoms with Gasteiger partial charge in [-0.1, -0.05) is 24.3 Å². The van der Waals surface area contributed by atoms with Gasteiger partial charge in [0, 0.05) is 10.1 Å². The molecule has 0 aliphatic carbocycles. The van der Waals surface area contributed by atoms with Gasteiger partial charge in [-0.25, -0.2) is 4.79 Å². The number of hydrogen-bond acceptors (Lipinski definition) is 2. The predicted octanol–water partition coefficient (Wildman–Crippen LogP) is 4.52. The van der Waals surface area contributed by atoms with Crippen LogP contribution in [0.4, 0.5) is 0 Å². The molecule has 1 heterocycles. The van der Waals surface area contributed by atoms with Gasteiger partial charge in [-0.2, -0.15) is 0 Å². The highest BCUT2D eigenvalue weighted by Crippen LogP contribution is 2.37. The monoisotopic (exact) mass is 306 g/mol. The number of hydrogen-bond donors (Lipinski definition) is 1. The first kappa shape index (κ1) is 10.7. The number of benzene rings is 2. The lowest BCUT2D eigenvalue weighted by atomic mass is 10.0. The molecule has 0 atom stereocenters. The molecule has 0 saturated heterocycles. The average molecular weight is 307 g/mol. The normalized spacial score (nSPS) is 11.1. The number of carbonyl (C=O) groups is 1. The van der Waals surface area contributed by atoms with E-state index in [-0.39, 0.29) is 0 Å². The Labute approximate surface area is 110 Å². The summed E-state index contributed by atoms with van der Waals surface area (Å²) in [4.78, 5) is 11.3. The van der Waals surface area contributed by atoms with Gasteiger partial charge in [-0.05, 0) is 38.8 Å². The van der Waals surface area contributed by atoms with E-state index < -0.39 is 5.97 Å². The number of carboxylic acids is 1. The molecule has 3 rings (SSSR count). The second kappa shape index (κ2) is 3.82. The van der Waals surface area contributed by atoms with Crippen LogP contribution in [0.1, 0.15) is 10.4 Å². The number of rotatable bonds is 1. The fraction of sp³-hybridized carbons (Fsp3) is 0. The Morgan fingerprint density at radius 2 is 1.94 bits per heavy atom. The largest absolute Gasteiger partial charge is 0.478 e. The van der Waals surface area contributed by atoms with E-state index in [2.05, 4.69) is 15.9 Å². The van der Waals surface area contributed by atoms with Gasteiger partial charge in [-0.3, -0.25) is 0 Å². The van der Waals surface area contributed by atoms with Gasteiger partial charge < -0.3 is 5.11 Å². The van der Waals surface area contributed by atoms with Crippen LogP contribution in [0.15, 0.2) is 40.2 Å². The van der Waals surface area contributed by atoms with Crippen molar-refractivity contribution in [2.75, 3.05) is 0 Å². The van der Waals surface area contributed by atoms with Crippen molar-refractivity contribution in [3.63, 3.8) is 0 Å². The molecule has 0 spiro atoms. The van der Waals surface area contributed by atoms with Crippen LogP contribution < -0.4 is 0 Å². The Morgan fingerprint density at radius 1 is 1.18 bits per heavy atom. The zero-order valence-corrected chi connectivity index (χ0v) is 11.0. The van der Waals surface area contributed by atoms with E-state index in [1.54, 1.807) is 17.4 Å². The zero-order valence-electron chi connectivity index (χ0n) is 8.61. The summed E-state index contributed by atoms with van der Waals surface area (Å²) < 4.78 is 1.97. The molecule has 0 bridgehead atoms. The quantitative estimate of drug-likeness (QED) is 0.718. The Morgan fingerprint density at radius 3 is 2.71 bits per heavy atom. The second-order valence-corrected chi connectivity index (χ2v) is 6.18. The van der Waals surface area contributed by atoms with Crippen LogP contribution in [0.5, 0.6) is 0 Å². The van der Waals surface area contributed by atoms with Crippen LogP contribution in [0.25, 0.3) is 20.9 Å². The van der Waals surface area contributed by atoms with Gasteiger partial charge in [0.2, 0.25) is 0 Å². The van der Waals surface area contributed by atoms with Crippen molar-refractivity contribution < 1.29 is 9.90 Å². The maximum Gasteiger partial charge on any atom is 0.336 e. The predicted molar refractivity (Wildman–Crippen MR) is 74.0 cm³/mol. The van der Waals surface area contributed by atoms with E-state index in [1.165, 1.54) is 0 Å². The summed E-state index contributed by atoms with van der Waals surface area (Å²) in [5.41, 5.74) is 0.362. The zero-order chi connectivity index (χ0) is 12.0. The SMILES string of the molecule is O=C(O)c1cc2ccccc2c2sc(Br)cc12. The summed E-state index contributed by atoms with van der Waals surface area (Å²) in [5, 5.41) is 12.1. The summed E-state index contributed by atoms with van der Waals surface area (Å²) in [7, 11) is 0. The lowest BCUT2D eigenvalue weighted by Gasteiger charge is -2.02. The Hall–Kier alpha value is -1.39. The second-order valence-electron chi connectivity index (χ2n) is 3.74. The first-order valence-corrected chi connectivity index (χ1v) is 6.62. The van der Waals surface area contributed by atoms with Gasteiger partial charge in [-0.15, -0.1) is 11.3 Å². The molecule has 84 valence electrons. The van der Waals surface area contributed by atoms with Crippen molar-refractivity contribution in [2.45, 2.75) is 0 Å². The van der Waals surface area contributed by atoms with Crippen molar-refractivity contribution in [1.29, 1.82) is 0 Å². The van der Waals surface area contributed by atoms with E-state index in [9.17, 15) is 9.90 Å². The highest BCUT2D eigenvalue weighted by Gasteiger charge is 2.14. The minimum atomic E-state index is -0.883. The average Bonchev–Trinajstić information content (AvgIpc) is 2.69. The molecule has 0 unspecified atom stereocenters. The minimum absolute atomic E-state index is 0.362. The van der Waals surface area contributed by atoms with Crippen molar-refractivity contribution in [2.24, 2.45) is 0 Å². The molecule has 0 amide bonds. The van der Waals surface area contributed by atoms with Gasteiger partial charge in [0.25, 0.3) is 0 Å². The van der Waals surface area contributed by atoms with E-state index in [4.69, 9.17) is 0 Å². The number of halogens is 1. The molecule has 1 N–H and O–H groups in total. The lowest BCUT2D eigenvalue weighted by Crippen LogP contribution is -1.96. The van der Waals surface area contributed by atoms with Crippen LogP contribution in [0.3, 0.4) is 0 Å². The maximum absolute atomic E-state index is 11.3. The van der Waals surface area contributed by atoms with Gasteiger partial charge in [0.1, 0.15) is 0 Å². The third-order valence-corrected chi connectivity index (χ3v) is 4.40. The Bertz CT molecular complexity index is 746. The molecular weight excluding hydrogens is 300 g/mol. The van der Waals surface area contributed by atoms with Gasteiger partial charge in [0.15, 0.2) is 0 Å². The topological polar surface area (TPSA) is 37.3 Å². The highest BCUT2D eigenvalue weighted by molar-refractivity contribution is 9.11. The molecule has 4 heteroatoms. The highest BCUT2D eigenvalue weighted by atomic mass is 79.9. The summed E-state index contributed by atoms with van der Waals surface area (Å²) in [6.07, 6.45) is 0. The minimum Gasteiger partial charge on any atom is -0.478 e. The molecule has 0 aliphatic heterocycles. The molecule has 1 aromatic heterocycles. The molecule has 0 fully saturated rings. The number of aromatic carboxylic acids is 1. The van der Waals surface area contributed by atoms with Gasteiger partial charge in [0.05, 0.1) is 9.35 Å². The molecule has 0 radical (unpaired) electrons. The van der Waals surface area contributed by atoms with Gasteiger partial charge >= 0.3 is 5.97 Å². The van der Waals surface area contributed by atoms with E-state index in [0.29, 0.717) is 5.56 Å². The van der Waals surface area contributed by atoms with Crippen molar-refractivity contribution in [3.05, 3.63) is 45.7 Å². The fourth-order valence-electron chi connectivity index (χ4n) is 2.00. The molecule has 2 nitrogen and oxygen atoms in total. The summed E-state index contributed by atoms with van der Waals surface area (Å²) in [6, 6.07) is 11.5. The summed E-state index contributed by atoms with van der Waals surface area (Å²) in [6.45, 7) is 0. The van der Waals surface area contributed by atoms with E-state index >= 15 is 0 Å². The van der Waals surface area contributed by atoms with Crippen LogP contribution in [-0.4, -0.2) is 11.1 Å². The fourth-order valence-corrected chi connectivity index (χ4v) is 3.66. The lowest BCUT2D eigenvalue weighted by molar-refractivity contribution is 0.0699. The maximum atomic E-state index is 11.3. The molecule has 17 heavy (non-hydrogen) atoms. The van der Waals surface area contributed by atoms with Crippen LogP contribution >= 0.6 is 27.3 Å². The Kier molecular flexibility index (Phi) is 2.42. The van der Waals surface area contributed by atoms with E-state index in [0.717, 1.165) is 24.6 Å². The third-order valence-electron chi connectivity index (χ3n) is 2.73. The molecule has 3 aromatic rings. The first-order valence-electron chi connectivity index (χ1n) is 5.01. The number of carboxylic acid groups (broad SMARTS) is 1. The summed E-state index contributed by atoms with van der Waals surface area (Å²) >= 11 is 4.99. The standard InChI is InChI=1S/C13H7BrO2S/c14-11-6-9-10(13(15)16)5-7-3-1-2-4-8(7)12(9)17-11/h1-6H,(H,15,16). The van der Waals surface area contributed by atoms with E-state index in [1.807, 2.05) is 30.3 Å². The van der Waals surface area contributed by atoms with Crippen molar-refractivity contribution in [1.82, 2.24) is 0 Å². The molecule has 0 saturated carbocycles. The molecule has 0 aliphatic rings. The van der Waals surface area contributed by atoms with Crippen molar-refractivity contribution >= 4 is 54.1 Å². The molecule has 2 aromatic carbocycles. The van der Waals surface area contributed by atoms with Crippen molar-refractivity contribution in [3.8, 4) is 0 Å². The van der Waals surface area contributed by atoms with Crippen LogP contribution in [0, 0.1) is 0 Å². The smallest absolute Gasteiger partial charge is 0.336 e. The van der Waals surface area contributed by atoms with Crippen LogP contribution in [-0.2, 0) is 0 Å². The Balaban J connectivity index is 2.58.